The second kappa shape index (κ2) is 5.00. The lowest BCUT2D eigenvalue weighted by molar-refractivity contribution is -0.150. The van der Waals surface area contributed by atoms with E-state index in [0.29, 0.717) is 32.5 Å². The van der Waals surface area contributed by atoms with E-state index in [4.69, 9.17) is 0 Å². The largest absolute Gasteiger partial charge is 0.481 e. The van der Waals surface area contributed by atoms with E-state index < -0.39 is 17.5 Å². The number of hydrogen-bond donors (Lipinski definition) is 2. The molecular formula is C13H22N2O4. The number of carboxylic acids is 1. The van der Waals surface area contributed by atoms with E-state index in [-0.39, 0.29) is 18.5 Å². The molecule has 108 valence electrons. The lowest BCUT2D eigenvalue weighted by Gasteiger charge is -2.30. The SMILES string of the molecule is CC(C)C1(C(=O)O)CCN(C(=O)N2CCC(O)C2)C1. The van der Waals surface area contributed by atoms with Crippen LogP contribution in [0.25, 0.3) is 0 Å². The Kier molecular flexibility index (Phi) is 3.71. The Bertz CT molecular complexity index is 385. The lowest BCUT2D eigenvalue weighted by atomic mass is 9.76. The minimum Gasteiger partial charge on any atom is -0.481 e. The Hall–Kier alpha value is -1.30. The van der Waals surface area contributed by atoms with Crippen molar-refractivity contribution in [2.75, 3.05) is 26.2 Å². The van der Waals surface area contributed by atoms with Gasteiger partial charge in [-0.1, -0.05) is 13.8 Å². The number of urea groups is 1. The number of amides is 2. The summed E-state index contributed by atoms with van der Waals surface area (Å²) < 4.78 is 0. The number of hydrogen-bond acceptors (Lipinski definition) is 3. The van der Waals surface area contributed by atoms with Gasteiger partial charge in [0.25, 0.3) is 0 Å². The molecule has 0 aliphatic carbocycles. The van der Waals surface area contributed by atoms with Crippen molar-refractivity contribution in [3.63, 3.8) is 0 Å². The molecule has 2 rings (SSSR count). The zero-order chi connectivity index (χ0) is 14.2. The predicted molar refractivity (Wildman–Crippen MR) is 68.7 cm³/mol. The van der Waals surface area contributed by atoms with Gasteiger partial charge in [-0.25, -0.2) is 4.79 Å². The van der Waals surface area contributed by atoms with Crippen molar-refractivity contribution < 1.29 is 19.8 Å². The summed E-state index contributed by atoms with van der Waals surface area (Å²) in [4.78, 5) is 27.0. The summed E-state index contributed by atoms with van der Waals surface area (Å²) in [5, 5.41) is 18.9. The first-order valence-electron chi connectivity index (χ1n) is 6.82. The maximum Gasteiger partial charge on any atom is 0.320 e. The molecular weight excluding hydrogens is 248 g/mol. The van der Waals surface area contributed by atoms with Crippen LogP contribution < -0.4 is 0 Å². The fourth-order valence-corrected chi connectivity index (χ4v) is 3.00. The quantitative estimate of drug-likeness (QED) is 0.770. The van der Waals surface area contributed by atoms with Crippen LogP contribution >= 0.6 is 0 Å². The van der Waals surface area contributed by atoms with Gasteiger partial charge in [-0.15, -0.1) is 0 Å². The summed E-state index contributed by atoms with van der Waals surface area (Å²) in [6.07, 6.45) is 0.663. The highest BCUT2D eigenvalue weighted by molar-refractivity contribution is 5.80. The van der Waals surface area contributed by atoms with E-state index >= 15 is 0 Å². The van der Waals surface area contributed by atoms with Crippen LogP contribution in [0.4, 0.5) is 4.79 Å². The van der Waals surface area contributed by atoms with E-state index in [9.17, 15) is 19.8 Å². The third kappa shape index (κ3) is 2.41. The zero-order valence-electron chi connectivity index (χ0n) is 11.5. The molecule has 2 aliphatic heterocycles. The van der Waals surface area contributed by atoms with E-state index in [1.54, 1.807) is 9.80 Å². The highest BCUT2D eigenvalue weighted by Crippen LogP contribution is 2.38. The second-order valence-corrected chi connectivity index (χ2v) is 5.96. The molecule has 2 N–H and O–H groups in total. The Balaban J connectivity index is 2.05. The summed E-state index contributed by atoms with van der Waals surface area (Å²) in [6, 6.07) is -0.139. The standard InChI is InChI=1S/C13H22N2O4/c1-9(2)13(11(17)18)4-6-15(8-13)12(19)14-5-3-10(16)7-14/h9-10,16H,3-8H2,1-2H3,(H,17,18). The molecule has 0 saturated carbocycles. The van der Waals surface area contributed by atoms with Crippen LogP contribution in [0.5, 0.6) is 0 Å². The van der Waals surface area contributed by atoms with Gasteiger partial charge >= 0.3 is 12.0 Å². The van der Waals surface area contributed by atoms with Crippen LogP contribution in [-0.2, 0) is 4.79 Å². The number of aliphatic carboxylic acids is 1. The molecule has 0 radical (unpaired) electrons. The van der Waals surface area contributed by atoms with Crippen LogP contribution in [0.15, 0.2) is 0 Å². The van der Waals surface area contributed by atoms with Gasteiger partial charge in [0.1, 0.15) is 0 Å². The fraction of sp³-hybridized carbons (Fsp3) is 0.846. The molecule has 2 unspecified atom stereocenters. The Morgan fingerprint density at radius 1 is 1.26 bits per heavy atom. The lowest BCUT2D eigenvalue weighted by Crippen LogP contribution is -2.45. The number of carbonyl (C=O) groups is 2. The van der Waals surface area contributed by atoms with Crippen molar-refractivity contribution in [3.05, 3.63) is 0 Å². The Morgan fingerprint density at radius 3 is 2.37 bits per heavy atom. The van der Waals surface area contributed by atoms with Crippen molar-refractivity contribution in [2.45, 2.75) is 32.8 Å². The maximum atomic E-state index is 12.3. The van der Waals surface area contributed by atoms with Gasteiger partial charge in [0.15, 0.2) is 0 Å². The number of likely N-dealkylation sites (tertiary alicyclic amines) is 2. The number of rotatable bonds is 2. The molecule has 0 aromatic heterocycles. The first-order chi connectivity index (χ1) is 8.86. The van der Waals surface area contributed by atoms with E-state index in [2.05, 4.69) is 0 Å². The predicted octanol–water partition coefficient (Wildman–Crippen LogP) is 0.606. The van der Waals surface area contributed by atoms with Gasteiger partial charge < -0.3 is 20.0 Å². The topological polar surface area (TPSA) is 81.1 Å². The third-order valence-electron chi connectivity index (χ3n) is 4.54. The third-order valence-corrected chi connectivity index (χ3v) is 4.54. The highest BCUT2D eigenvalue weighted by Gasteiger charge is 2.49. The number of aliphatic hydroxyl groups is 1. The summed E-state index contributed by atoms with van der Waals surface area (Å²) >= 11 is 0. The highest BCUT2D eigenvalue weighted by atomic mass is 16.4. The van der Waals surface area contributed by atoms with Crippen molar-refractivity contribution in [3.8, 4) is 0 Å². The van der Waals surface area contributed by atoms with Crippen LogP contribution in [0.2, 0.25) is 0 Å². The number of β-amino-alcohol motifs (C(OH)–C–C–N with tert-alkyl or cyclic N) is 1. The first kappa shape index (κ1) is 14.1. The number of carbonyl (C=O) groups excluding carboxylic acids is 1. The molecule has 19 heavy (non-hydrogen) atoms. The van der Waals surface area contributed by atoms with Gasteiger partial charge in [0, 0.05) is 26.2 Å². The van der Waals surface area contributed by atoms with Crippen LogP contribution in [0.1, 0.15) is 26.7 Å². The van der Waals surface area contributed by atoms with E-state index in [1.807, 2.05) is 13.8 Å². The smallest absolute Gasteiger partial charge is 0.320 e. The van der Waals surface area contributed by atoms with E-state index in [1.165, 1.54) is 0 Å². The summed E-state index contributed by atoms with van der Waals surface area (Å²) in [5.41, 5.74) is -0.825. The van der Waals surface area contributed by atoms with E-state index in [0.717, 1.165) is 0 Å². The normalized spacial score (nSPS) is 31.3. The number of carboxylic acid groups (broad SMARTS) is 1. The number of aliphatic hydroxyl groups excluding tert-OH is 1. The summed E-state index contributed by atoms with van der Waals surface area (Å²) in [7, 11) is 0. The second-order valence-electron chi connectivity index (χ2n) is 5.96. The maximum absolute atomic E-state index is 12.3. The van der Waals surface area contributed by atoms with Crippen molar-refractivity contribution in [1.82, 2.24) is 9.80 Å². The molecule has 0 aromatic carbocycles. The van der Waals surface area contributed by atoms with Crippen LogP contribution in [-0.4, -0.2) is 64.3 Å². The zero-order valence-corrected chi connectivity index (χ0v) is 11.5. The molecule has 2 saturated heterocycles. The minimum atomic E-state index is -0.825. The monoisotopic (exact) mass is 270 g/mol. The van der Waals surface area contributed by atoms with Gasteiger partial charge in [-0.2, -0.15) is 0 Å². The molecule has 6 nitrogen and oxygen atoms in total. The molecule has 6 heteroatoms. The van der Waals surface area contributed by atoms with Crippen LogP contribution in [0.3, 0.4) is 0 Å². The first-order valence-corrected chi connectivity index (χ1v) is 6.82. The molecule has 0 bridgehead atoms. The molecule has 2 aliphatic rings. The minimum absolute atomic E-state index is 0.00744. The van der Waals surface area contributed by atoms with Gasteiger partial charge in [-0.3, -0.25) is 4.79 Å². The average Bonchev–Trinajstić information content (AvgIpc) is 2.94. The fourth-order valence-electron chi connectivity index (χ4n) is 3.00. The van der Waals surface area contributed by atoms with Crippen molar-refractivity contribution >= 4 is 12.0 Å². The van der Waals surface area contributed by atoms with Gasteiger partial charge in [0.05, 0.1) is 11.5 Å². The molecule has 2 heterocycles. The summed E-state index contributed by atoms with van der Waals surface area (Å²) in [5.74, 6) is -0.828. The average molecular weight is 270 g/mol. The van der Waals surface area contributed by atoms with Crippen molar-refractivity contribution in [2.24, 2.45) is 11.3 Å². The number of nitrogens with zero attached hydrogens (tertiary/aromatic N) is 2. The molecule has 2 atom stereocenters. The van der Waals surface area contributed by atoms with Gasteiger partial charge in [-0.05, 0) is 18.8 Å². The Labute approximate surface area is 113 Å². The molecule has 0 spiro atoms. The van der Waals surface area contributed by atoms with Crippen LogP contribution in [0, 0.1) is 11.3 Å². The molecule has 2 amide bonds. The van der Waals surface area contributed by atoms with Gasteiger partial charge in [0.2, 0.25) is 0 Å². The molecule has 2 fully saturated rings. The summed E-state index contributed by atoms with van der Waals surface area (Å²) in [6.45, 7) is 5.44. The Morgan fingerprint density at radius 2 is 1.95 bits per heavy atom. The molecule has 0 aromatic rings. The van der Waals surface area contributed by atoms with Crippen molar-refractivity contribution in [1.29, 1.82) is 0 Å².